The Morgan fingerprint density at radius 2 is 1.76 bits per heavy atom. The summed E-state index contributed by atoms with van der Waals surface area (Å²) >= 11 is 0. The number of quaternary nitrogens is 1. The van der Waals surface area contributed by atoms with Gasteiger partial charge in [-0.15, -0.1) is 0 Å². The minimum absolute atomic E-state index is 0.106. The van der Waals surface area contributed by atoms with Crippen LogP contribution in [0.15, 0.2) is 45.6 Å². The van der Waals surface area contributed by atoms with Gasteiger partial charge >= 0.3 is 5.97 Å². The zero-order valence-electron chi connectivity index (χ0n) is 19.7. The number of fused-ring (bicyclic) bond motifs is 2. The highest BCUT2D eigenvalue weighted by Crippen LogP contribution is 2.38. The number of amides is 1. The number of aryl methyl sites for hydroxylation is 2. The second-order valence-corrected chi connectivity index (χ2v) is 8.93. The Morgan fingerprint density at radius 1 is 1.09 bits per heavy atom. The molecule has 4 rings (SSSR count). The summed E-state index contributed by atoms with van der Waals surface area (Å²) in [5, 5.41) is 0.473. The Balaban J connectivity index is 1.87. The van der Waals surface area contributed by atoms with Gasteiger partial charge in [-0.25, -0.2) is 4.79 Å². The molecule has 7 nitrogen and oxygen atoms in total. The highest BCUT2D eigenvalue weighted by molar-refractivity contribution is 5.99. The van der Waals surface area contributed by atoms with Crippen LogP contribution < -0.4 is 10.3 Å². The summed E-state index contributed by atoms with van der Waals surface area (Å²) in [5.41, 5.74) is 3.74. The number of nitrogens with one attached hydrogen (secondary N) is 1. The molecule has 1 amide bonds. The molecule has 1 N–H and O–H groups in total. The Morgan fingerprint density at radius 3 is 2.39 bits per heavy atom. The summed E-state index contributed by atoms with van der Waals surface area (Å²) in [4.78, 5) is 41.9. The summed E-state index contributed by atoms with van der Waals surface area (Å²) in [6.45, 7) is 5.28. The van der Waals surface area contributed by atoms with Gasteiger partial charge in [-0.05, 0) is 54.8 Å². The maximum absolute atomic E-state index is 13.6. The average molecular weight is 450 g/mol. The third kappa shape index (κ3) is 4.04. The third-order valence-corrected chi connectivity index (χ3v) is 6.31. The molecule has 0 saturated heterocycles. The number of rotatable bonds is 6. The molecule has 1 aromatic heterocycles. The largest absolute Gasteiger partial charge is 0.465 e. The van der Waals surface area contributed by atoms with Gasteiger partial charge in [0.25, 0.3) is 5.91 Å². The highest BCUT2D eigenvalue weighted by atomic mass is 16.5. The fraction of sp³-hybridized carbons (Fsp3) is 0.346. The smallest absolute Gasteiger partial charge is 0.337 e. The van der Waals surface area contributed by atoms with Crippen molar-refractivity contribution in [1.29, 1.82) is 0 Å². The van der Waals surface area contributed by atoms with Crippen molar-refractivity contribution in [2.45, 2.75) is 26.3 Å². The number of hydrogen-bond donors (Lipinski definition) is 1. The van der Waals surface area contributed by atoms with Crippen LogP contribution in [0.1, 0.15) is 55.6 Å². The first-order valence-corrected chi connectivity index (χ1v) is 11.1. The number of carbonyl (C=O) groups is 2. The maximum atomic E-state index is 13.6. The van der Waals surface area contributed by atoms with Crippen LogP contribution in [0.4, 0.5) is 0 Å². The van der Waals surface area contributed by atoms with Gasteiger partial charge in [0.05, 0.1) is 50.3 Å². The first-order valence-electron chi connectivity index (χ1n) is 11.1. The van der Waals surface area contributed by atoms with Crippen molar-refractivity contribution in [1.82, 2.24) is 4.90 Å². The van der Waals surface area contributed by atoms with Crippen LogP contribution in [0.3, 0.4) is 0 Å². The number of carbonyl (C=O) groups excluding carboxylic acids is 2. The normalized spacial score (nSPS) is 15.4. The van der Waals surface area contributed by atoms with E-state index < -0.39 is 12.0 Å². The molecule has 0 fully saturated rings. The monoisotopic (exact) mass is 449 g/mol. The van der Waals surface area contributed by atoms with Gasteiger partial charge in [0.2, 0.25) is 5.76 Å². The van der Waals surface area contributed by atoms with Gasteiger partial charge in [-0.3, -0.25) is 9.59 Å². The van der Waals surface area contributed by atoms with Crippen LogP contribution in [-0.2, 0) is 4.74 Å². The van der Waals surface area contributed by atoms with E-state index in [-0.39, 0.29) is 17.1 Å². The number of methoxy groups -OCH3 is 1. The molecule has 172 valence electrons. The fourth-order valence-corrected chi connectivity index (χ4v) is 4.38. The van der Waals surface area contributed by atoms with Crippen LogP contribution in [0.2, 0.25) is 0 Å². The van der Waals surface area contributed by atoms with E-state index in [0.29, 0.717) is 28.6 Å². The van der Waals surface area contributed by atoms with Gasteiger partial charge in [0.1, 0.15) is 5.58 Å². The minimum atomic E-state index is -0.571. The lowest BCUT2D eigenvalue weighted by atomic mass is 9.96. The zero-order valence-corrected chi connectivity index (χ0v) is 19.7. The van der Waals surface area contributed by atoms with Crippen molar-refractivity contribution in [3.63, 3.8) is 0 Å². The second-order valence-electron chi connectivity index (χ2n) is 8.93. The van der Waals surface area contributed by atoms with Gasteiger partial charge in [0, 0.05) is 13.0 Å². The molecule has 1 aliphatic rings. The molecule has 1 aliphatic heterocycles. The molecule has 0 radical (unpaired) electrons. The Kier molecular flexibility index (Phi) is 6.08. The van der Waals surface area contributed by atoms with Crippen LogP contribution in [-0.4, -0.2) is 51.1 Å². The van der Waals surface area contributed by atoms with E-state index in [4.69, 9.17) is 9.15 Å². The highest BCUT2D eigenvalue weighted by Gasteiger charge is 2.42. The van der Waals surface area contributed by atoms with Crippen LogP contribution >= 0.6 is 0 Å². The maximum Gasteiger partial charge on any atom is 0.337 e. The predicted octanol–water partition coefficient (Wildman–Crippen LogP) is 2.28. The van der Waals surface area contributed by atoms with Gasteiger partial charge < -0.3 is 19.0 Å². The van der Waals surface area contributed by atoms with Crippen molar-refractivity contribution in [3.8, 4) is 0 Å². The number of esters is 1. The molecular weight excluding hydrogens is 420 g/mol. The fourth-order valence-electron chi connectivity index (χ4n) is 4.38. The molecule has 2 aromatic carbocycles. The minimum Gasteiger partial charge on any atom is -0.465 e. The van der Waals surface area contributed by atoms with E-state index in [1.807, 2.05) is 26.0 Å². The van der Waals surface area contributed by atoms with Gasteiger partial charge in [-0.2, -0.15) is 0 Å². The molecule has 0 unspecified atom stereocenters. The molecule has 0 aliphatic carbocycles. The standard InChI is InChI=1S/C26H28N2O5/c1-15-13-19-20(14-16(15)2)33-24-21(23(19)29)22(28(25(24)30)12-6-11-27(3)4)17-7-9-18(10-8-17)26(31)32-5/h7-10,13-14,22H,6,11-12H2,1-5H3/p+1/t22-/m0/s1. The second kappa shape index (κ2) is 8.83. The van der Waals surface area contributed by atoms with E-state index in [1.54, 1.807) is 29.2 Å². The first kappa shape index (κ1) is 22.7. The van der Waals surface area contributed by atoms with Crippen LogP contribution in [0.5, 0.6) is 0 Å². The average Bonchev–Trinajstić information content (AvgIpc) is 3.06. The first-order chi connectivity index (χ1) is 15.7. The molecule has 33 heavy (non-hydrogen) atoms. The van der Waals surface area contributed by atoms with Crippen molar-refractivity contribution in [2.75, 3.05) is 34.3 Å². The lowest BCUT2D eigenvalue weighted by Gasteiger charge is -2.25. The van der Waals surface area contributed by atoms with Crippen LogP contribution in [0, 0.1) is 13.8 Å². The molecular formula is C26H29N2O5+. The Bertz CT molecular complexity index is 1290. The van der Waals surface area contributed by atoms with Crippen molar-refractivity contribution in [3.05, 3.63) is 80.2 Å². The quantitative estimate of drug-likeness (QED) is 0.584. The molecule has 0 spiro atoms. The molecule has 2 heterocycles. The molecule has 0 bridgehead atoms. The number of ether oxygens (including phenoxy) is 1. The predicted molar refractivity (Wildman–Crippen MR) is 125 cm³/mol. The molecule has 7 heteroatoms. The Hall–Kier alpha value is -3.45. The van der Waals surface area contributed by atoms with Crippen molar-refractivity contribution < 1.29 is 23.6 Å². The summed E-state index contributed by atoms with van der Waals surface area (Å²) in [6.07, 6.45) is 0.782. The topological polar surface area (TPSA) is 81.3 Å². The number of benzene rings is 2. The van der Waals surface area contributed by atoms with E-state index >= 15 is 0 Å². The lowest BCUT2D eigenvalue weighted by Crippen LogP contribution is -3.05. The summed E-state index contributed by atoms with van der Waals surface area (Å²) in [7, 11) is 5.45. The summed E-state index contributed by atoms with van der Waals surface area (Å²) in [5.74, 6) is -0.611. The third-order valence-electron chi connectivity index (χ3n) is 6.31. The lowest BCUT2D eigenvalue weighted by molar-refractivity contribution is -0.858. The molecule has 3 aromatic rings. The molecule has 0 saturated carbocycles. The number of nitrogens with zero attached hydrogens (tertiary/aromatic N) is 1. The van der Waals surface area contributed by atoms with Crippen molar-refractivity contribution >= 4 is 22.8 Å². The van der Waals surface area contributed by atoms with Gasteiger partial charge in [-0.1, -0.05) is 12.1 Å². The van der Waals surface area contributed by atoms with Crippen molar-refractivity contribution in [2.24, 2.45) is 0 Å². The zero-order chi connectivity index (χ0) is 23.9. The SMILES string of the molecule is COC(=O)c1ccc([C@H]2c3c(oc4cc(C)c(C)cc4c3=O)C(=O)N2CCC[NH+](C)C)cc1. The van der Waals surface area contributed by atoms with E-state index in [9.17, 15) is 14.4 Å². The van der Waals surface area contributed by atoms with E-state index in [2.05, 4.69) is 14.1 Å². The Labute approximate surface area is 192 Å². The summed E-state index contributed by atoms with van der Waals surface area (Å²) < 4.78 is 10.8. The molecule has 1 atom stereocenters. The van der Waals surface area contributed by atoms with Gasteiger partial charge in [0.15, 0.2) is 5.43 Å². The van der Waals surface area contributed by atoms with E-state index in [0.717, 1.165) is 29.7 Å². The van der Waals surface area contributed by atoms with Crippen LogP contribution in [0.25, 0.3) is 11.0 Å². The van der Waals surface area contributed by atoms with E-state index in [1.165, 1.54) is 12.0 Å². The summed E-state index contributed by atoms with van der Waals surface area (Å²) in [6, 6.07) is 9.93. The number of hydrogen-bond acceptors (Lipinski definition) is 5.